The van der Waals surface area contributed by atoms with Crippen molar-refractivity contribution in [3.8, 4) is 0 Å². The number of alkyl halides is 1. The lowest BCUT2D eigenvalue weighted by Crippen LogP contribution is -2.17. The molecule has 0 aliphatic rings. The molecular formula is C9H15BrN2S. The van der Waals surface area contributed by atoms with Crippen LogP contribution < -0.4 is 4.90 Å². The van der Waals surface area contributed by atoms with Gasteiger partial charge in [0.2, 0.25) is 0 Å². The molecule has 0 spiro atoms. The number of nitrogens with zero attached hydrogens (tertiary/aromatic N) is 2. The Balaban J connectivity index is 2.15. The van der Waals surface area contributed by atoms with E-state index in [0.29, 0.717) is 0 Å². The first kappa shape index (κ1) is 11.0. The number of aromatic nitrogens is 1. The summed E-state index contributed by atoms with van der Waals surface area (Å²) >= 11 is 5.13. The molecule has 0 atom stereocenters. The molecule has 1 aromatic rings. The van der Waals surface area contributed by atoms with Crippen molar-refractivity contribution in [3.63, 3.8) is 0 Å². The van der Waals surface area contributed by atoms with Crippen LogP contribution in [-0.2, 0) is 0 Å². The number of hydrogen-bond acceptors (Lipinski definition) is 3. The lowest BCUT2D eigenvalue weighted by Gasteiger charge is -2.14. The lowest BCUT2D eigenvalue weighted by atomic mass is 10.2. The van der Waals surface area contributed by atoms with Gasteiger partial charge in [-0.2, -0.15) is 0 Å². The SMILES string of the molecule is CN(CCCCCBr)c1nccs1. The Labute approximate surface area is 92.1 Å². The highest BCUT2D eigenvalue weighted by Crippen LogP contribution is 2.15. The highest BCUT2D eigenvalue weighted by atomic mass is 79.9. The Morgan fingerprint density at radius 2 is 2.31 bits per heavy atom. The van der Waals surface area contributed by atoms with Gasteiger partial charge in [-0.05, 0) is 12.8 Å². The summed E-state index contributed by atoms with van der Waals surface area (Å²) in [6.45, 7) is 1.11. The molecule has 0 aromatic carbocycles. The summed E-state index contributed by atoms with van der Waals surface area (Å²) < 4.78 is 0. The minimum atomic E-state index is 1.11. The molecule has 0 aliphatic carbocycles. The van der Waals surface area contributed by atoms with Crippen molar-refractivity contribution in [3.05, 3.63) is 11.6 Å². The van der Waals surface area contributed by atoms with Gasteiger partial charge in [0.15, 0.2) is 5.13 Å². The first-order valence-electron chi connectivity index (χ1n) is 4.51. The van der Waals surface area contributed by atoms with Gasteiger partial charge in [-0.3, -0.25) is 0 Å². The van der Waals surface area contributed by atoms with Crippen LogP contribution in [0, 0.1) is 0 Å². The van der Waals surface area contributed by atoms with Crippen molar-refractivity contribution >= 4 is 32.4 Å². The number of anilines is 1. The van der Waals surface area contributed by atoms with Gasteiger partial charge < -0.3 is 4.90 Å². The van der Waals surface area contributed by atoms with Crippen molar-refractivity contribution < 1.29 is 0 Å². The van der Waals surface area contributed by atoms with Crippen LogP contribution in [0.2, 0.25) is 0 Å². The van der Waals surface area contributed by atoms with Gasteiger partial charge in [0.1, 0.15) is 0 Å². The summed E-state index contributed by atoms with van der Waals surface area (Å²) in [5.41, 5.74) is 0. The van der Waals surface area contributed by atoms with E-state index in [-0.39, 0.29) is 0 Å². The maximum Gasteiger partial charge on any atom is 0.184 e. The van der Waals surface area contributed by atoms with Gasteiger partial charge in [0.25, 0.3) is 0 Å². The van der Waals surface area contributed by atoms with Crippen LogP contribution >= 0.6 is 27.3 Å². The molecule has 0 saturated carbocycles. The summed E-state index contributed by atoms with van der Waals surface area (Å²) in [4.78, 5) is 6.47. The van der Waals surface area contributed by atoms with Crippen molar-refractivity contribution in [2.45, 2.75) is 19.3 Å². The van der Waals surface area contributed by atoms with E-state index in [4.69, 9.17) is 0 Å². The molecule has 0 bridgehead atoms. The number of rotatable bonds is 6. The third-order valence-electron chi connectivity index (χ3n) is 1.87. The molecule has 4 heteroatoms. The van der Waals surface area contributed by atoms with E-state index in [9.17, 15) is 0 Å². The number of thiazole rings is 1. The first-order valence-corrected chi connectivity index (χ1v) is 6.51. The van der Waals surface area contributed by atoms with Gasteiger partial charge in [-0.25, -0.2) is 4.98 Å². The van der Waals surface area contributed by atoms with Crippen molar-refractivity contribution in [2.75, 3.05) is 23.8 Å². The summed E-state index contributed by atoms with van der Waals surface area (Å²) in [6.07, 6.45) is 5.67. The Morgan fingerprint density at radius 1 is 1.46 bits per heavy atom. The average molecular weight is 263 g/mol. The second kappa shape index (κ2) is 6.38. The van der Waals surface area contributed by atoms with Crippen LogP contribution in [-0.4, -0.2) is 23.9 Å². The van der Waals surface area contributed by atoms with Gasteiger partial charge in [-0.15, -0.1) is 11.3 Å². The molecule has 1 aromatic heterocycles. The summed E-state index contributed by atoms with van der Waals surface area (Å²) in [6, 6.07) is 0. The number of hydrogen-bond donors (Lipinski definition) is 0. The molecular weight excluding hydrogens is 248 g/mol. The Hall–Kier alpha value is -0.0900. The normalized spacial score (nSPS) is 10.3. The standard InChI is InChI=1S/C9H15BrN2S/c1-12(7-4-2-3-5-10)9-11-6-8-13-9/h6,8H,2-5,7H2,1H3. The van der Waals surface area contributed by atoms with E-state index in [0.717, 1.165) is 17.0 Å². The first-order chi connectivity index (χ1) is 6.34. The van der Waals surface area contributed by atoms with Crippen molar-refractivity contribution in [2.24, 2.45) is 0 Å². The Bertz CT molecular complexity index is 213. The molecule has 0 saturated heterocycles. The molecule has 1 rings (SSSR count). The van der Waals surface area contributed by atoms with Gasteiger partial charge in [0, 0.05) is 30.5 Å². The zero-order valence-electron chi connectivity index (χ0n) is 7.87. The molecule has 13 heavy (non-hydrogen) atoms. The van der Waals surface area contributed by atoms with Crippen LogP contribution in [0.25, 0.3) is 0 Å². The van der Waals surface area contributed by atoms with Crippen LogP contribution in [0.1, 0.15) is 19.3 Å². The van der Waals surface area contributed by atoms with Crippen LogP contribution in [0.15, 0.2) is 11.6 Å². The molecule has 0 N–H and O–H groups in total. The molecule has 0 amide bonds. The van der Waals surface area contributed by atoms with E-state index < -0.39 is 0 Å². The molecule has 1 heterocycles. The minimum Gasteiger partial charge on any atom is -0.351 e. The van der Waals surface area contributed by atoms with Crippen LogP contribution in [0.3, 0.4) is 0 Å². The van der Waals surface area contributed by atoms with Crippen molar-refractivity contribution in [1.29, 1.82) is 0 Å². The predicted molar refractivity (Wildman–Crippen MR) is 63.0 cm³/mol. The largest absolute Gasteiger partial charge is 0.351 e. The molecule has 0 radical (unpaired) electrons. The van der Waals surface area contributed by atoms with E-state index in [2.05, 4.69) is 32.9 Å². The Morgan fingerprint density at radius 3 is 2.92 bits per heavy atom. The van der Waals surface area contributed by atoms with Gasteiger partial charge in [-0.1, -0.05) is 22.4 Å². The van der Waals surface area contributed by atoms with E-state index in [1.165, 1.54) is 19.3 Å². The summed E-state index contributed by atoms with van der Waals surface area (Å²) in [5, 5.41) is 4.26. The zero-order chi connectivity index (χ0) is 9.52. The highest BCUT2D eigenvalue weighted by molar-refractivity contribution is 9.09. The topological polar surface area (TPSA) is 16.1 Å². The van der Waals surface area contributed by atoms with Gasteiger partial charge >= 0.3 is 0 Å². The zero-order valence-corrected chi connectivity index (χ0v) is 10.3. The van der Waals surface area contributed by atoms with Crippen LogP contribution in [0.5, 0.6) is 0 Å². The summed E-state index contributed by atoms with van der Waals surface area (Å²) in [5.74, 6) is 0. The minimum absolute atomic E-state index is 1.11. The highest BCUT2D eigenvalue weighted by Gasteiger charge is 2.01. The fourth-order valence-electron chi connectivity index (χ4n) is 1.12. The molecule has 0 unspecified atom stereocenters. The quantitative estimate of drug-likeness (QED) is 0.579. The van der Waals surface area contributed by atoms with Crippen molar-refractivity contribution in [1.82, 2.24) is 4.98 Å². The monoisotopic (exact) mass is 262 g/mol. The lowest BCUT2D eigenvalue weighted by molar-refractivity contribution is 0.710. The fourth-order valence-corrected chi connectivity index (χ4v) is 2.15. The molecule has 74 valence electrons. The second-order valence-corrected chi connectivity index (χ2v) is 4.65. The third kappa shape index (κ3) is 4.09. The van der Waals surface area contributed by atoms with E-state index in [1.54, 1.807) is 11.3 Å². The predicted octanol–water partition coefficient (Wildman–Crippen LogP) is 3.14. The smallest absolute Gasteiger partial charge is 0.184 e. The molecule has 2 nitrogen and oxygen atoms in total. The maximum absolute atomic E-state index is 4.25. The number of unbranched alkanes of at least 4 members (excludes halogenated alkanes) is 2. The number of halogens is 1. The maximum atomic E-state index is 4.25. The van der Waals surface area contributed by atoms with E-state index in [1.807, 2.05) is 11.6 Å². The molecule has 0 fully saturated rings. The molecule has 0 aliphatic heterocycles. The average Bonchev–Trinajstić information content (AvgIpc) is 2.65. The van der Waals surface area contributed by atoms with Gasteiger partial charge in [0.05, 0.1) is 0 Å². The summed E-state index contributed by atoms with van der Waals surface area (Å²) in [7, 11) is 2.10. The third-order valence-corrected chi connectivity index (χ3v) is 3.32. The fraction of sp³-hybridized carbons (Fsp3) is 0.667. The second-order valence-electron chi connectivity index (χ2n) is 2.99. The van der Waals surface area contributed by atoms with Crippen LogP contribution in [0.4, 0.5) is 5.13 Å². The van der Waals surface area contributed by atoms with E-state index >= 15 is 0 Å². The Kier molecular flexibility index (Phi) is 5.39.